The number of aryl methyl sites for hydroxylation is 1. The number of carbonyl (C=O) groups excluding carboxylic acids is 1. The van der Waals surface area contributed by atoms with Crippen LogP contribution in [-0.2, 0) is 0 Å². The molecule has 2 rings (SSSR count). The van der Waals surface area contributed by atoms with Crippen molar-refractivity contribution >= 4 is 29.9 Å². The number of carbonyl (C=O) groups is 1. The minimum atomic E-state index is 0. The number of benzene rings is 1. The first-order chi connectivity index (χ1) is 8.97. The maximum Gasteiger partial charge on any atom is 0.253 e. The number of hydrogen-bond acceptors (Lipinski definition) is 2. The van der Waals surface area contributed by atoms with Crippen molar-refractivity contribution in [2.45, 2.75) is 32.7 Å². The first kappa shape index (κ1) is 17.3. The SMILES string of the molecule is Cc1cc(Cl)cc(C(=O)N2CCC(C(C)N)CC2)c1.Cl. The van der Waals surface area contributed by atoms with Gasteiger partial charge in [-0.05, 0) is 56.4 Å². The lowest BCUT2D eigenvalue weighted by Gasteiger charge is -2.33. The molecule has 1 unspecified atom stereocenters. The summed E-state index contributed by atoms with van der Waals surface area (Å²) < 4.78 is 0. The lowest BCUT2D eigenvalue weighted by molar-refractivity contribution is 0.0681. The van der Waals surface area contributed by atoms with Crippen LogP contribution in [0.1, 0.15) is 35.7 Å². The number of halogens is 2. The second kappa shape index (κ2) is 7.30. The van der Waals surface area contributed by atoms with Crippen LogP contribution in [0.25, 0.3) is 0 Å². The first-order valence-corrected chi connectivity index (χ1v) is 7.17. The second-order valence-corrected chi connectivity index (χ2v) is 5.94. The minimum absolute atomic E-state index is 0. The molecule has 1 fully saturated rings. The van der Waals surface area contributed by atoms with E-state index in [4.69, 9.17) is 17.3 Å². The minimum Gasteiger partial charge on any atom is -0.339 e. The number of nitrogens with zero attached hydrogens (tertiary/aromatic N) is 1. The molecular weight excluding hydrogens is 295 g/mol. The number of piperidine rings is 1. The third-order valence-electron chi connectivity index (χ3n) is 3.86. The smallest absolute Gasteiger partial charge is 0.253 e. The van der Waals surface area contributed by atoms with E-state index in [9.17, 15) is 4.79 Å². The van der Waals surface area contributed by atoms with Gasteiger partial charge in [0.2, 0.25) is 0 Å². The maximum atomic E-state index is 12.4. The summed E-state index contributed by atoms with van der Waals surface area (Å²) in [4.78, 5) is 14.3. The first-order valence-electron chi connectivity index (χ1n) is 6.79. The van der Waals surface area contributed by atoms with Crippen LogP contribution in [0.3, 0.4) is 0 Å². The van der Waals surface area contributed by atoms with Gasteiger partial charge in [0.05, 0.1) is 0 Å². The Morgan fingerprint density at radius 2 is 1.95 bits per heavy atom. The number of nitrogens with two attached hydrogens (primary N) is 1. The molecular formula is C15H22Cl2N2O. The Morgan fingerprint density at radius 1 is 1.35 bits per heavy atom. The van der Waals surface area contributed by atoms with E-state index in [1.807, 2.05) is 30.9 Å². The van der Waals surface area contributed by atoms with E-state index in [0.29, 0.717) is 16.5 Å². The lowest BCUT2D eigenvalue weighted by atomic mass is 9.90. The average Bonchev–Trinajstić information content (AvgIpc) is 2.37. The normalized spacial score (nSPS) is 17.5. The zero-order valence-corrected chi connectivity index (χ0v) is 13.5. The predicted octanol–water partition coefficient (Wildman–Crippen LogP) is 3.27. The molecule has 0 saturated carbocycles. The Kier molecular flexibility index (Phi) is 6.31. The highest BCUT2D eigenvalue weighted by atomic mass is 35.5. The highest BCUT2D eigenvalue weighted by Crippen LogP contribution is 2.22. The fourth-order valence-corrected chi connectivity index (χ4v) is 2.96. The number of hydrogen-bond donors (Lipinski definition) is 1. The van der Waals surface area contributed by atoms with Crippen molar-refractivity contribution in [2.75, 3.05) is 13.1 Å². The Morgan fingerprint density at radius 3 is 2.45 bits per heavy atom. The fourth-order valence-electron chi connectivity index (χ4n) is 2.67. The van der Waals surface area contributed by atoms with Crippen molar-refractivity contribution < 1.29 is 4.79 Å². The molecule has 1 amide bonds. The molecule has 0 bridgehead atoms. The number of amides is 1. The summed E-state index contributed by atoms with van der Waals surface area (Å²) in [6.45, 7) is 5.57. The maximum absolute atomic E-state index is 12.4. The van der Waals surface area contributed by atoms with Crippen LogP contribution in [0.5, 0.6) is 0 Å². The molecule has 20 heavy (non-hydrogen) atoms. The van der Waals surface area contributed by atoms with Crippen molar-refractivity contribution in [2.24, 2.45) is 11.7 Å². The molecule has 1 atom stereocenters. The zero-order chi connectivity index (χ0) is 14.0. The number of likely N-dealkylation sites (tertiary alicyclic amines) is 1. The third-order valence-corrected chi connectivity index (χ3v) is 4.08. The largest absolute Gasteiger partial charge is 0.339 e. The van der Waals surface area contributed by atoms with Crippen molar-refractivity contribution in [3.8, 4) is 0 Å². The van der Waals surface area contributed by atoms with Crippen molar-refractivity contribution in [3.05, 3.63) is 34.3 Å². The van der Waals surface area contributed by atoms with E-state index in [0.717, 1.165) is 31.5 Å². The molecule has 2 N–H and O–H groups in total. The van der Waals surface area contributed by atoms with Gasteiger partial charge in [-0.2, -0.15) is 0 Å². The van der Waals surface area contributed by atoms with Crippen LogP contribution < -0.4 is 5.73 Å². The monoisotopic (exact) mass is 316 g/mol. The van der Waals surface area contributed by atoms with Crippen molar-refractivity contribution in [1.29, 1.82) is 0 Å². The molecule has 1 aromatic carbocycles. The van der Waals surface area contributed by atoms with Gasteiger partial charge in [-0.1, -0.05) is 11.6 Å². The Labute approximate surface area is 131 Å². The third kappa shape index (κ3) is 4.11. The summed E-state index contributed by atoms with van der Waals surface area (Å²) >= 11 is 6.01. The standard InChI is InChI=1S/C15H21ClN2O.ClH/c1-10-7-13(9-14(16)8-10)15(19)18-5-3-12(4-6-18)11(2)17;/h7-9,11-12H,3-6,17H2,1-2H3;1H. The molecule has 1 aromatic rings. The van der Waals surface area contributed by atoms with Crippen LogP contribution in [-0.4, -0.2) is 29.9 Å². The molecule has 0 spiro atoms. The average molecular weight is 317 g/mol. The molecule has 5 heteroatoms. The summed E-state index contributed by atoms with van der Waals surface area (Å²) in [6.07, 6.45) is 1.98. The van der Waals surface area contributed by atoms with E-state index in [-0.39, 0.29) is 24.4 Å². The summed E-state index contributed by atoms with van der Waals surface area (Å²) in [7, 11) is 0. The van der Waals surface area contributed by atoms with Crippen LogP contribution >= 0.6 is 24.0 Å². The van der Waals surface area contributed by atoms with Gasteiger partial charge in [0.15, 0.2) is 0 Å². The van der Waals surface area contributed by atoms with Crippen molar-refractivity contribution in [3.63, 3.8) is 0 Å². The molecule has 3 nitrogen and oxygen atoms in total. The van der Waals surface area contributed by atoms with E-state index < -0.39 is 0 Å². The van der Waals surface area contributed by atoms with E-state index >= 15 is 0 Å². The summed E-state index contributed by atoms with van der Waals surface area (Å²) in [5.74, 6) is 0.610. The lowest BCUT2D eigenvalue weighted by Crippen LogP contribution is -2.42. The fraction of sp³-hybridized carbons (Fsp3) is 0.533. The molecule has 1 aliphatic rings. The van der Waals surface area contributed by atoms with Crippen LogP contribution in [0.2, 0.25) is 5.02 Å². The van der Waals surface area contributed by atoms with E-state index in [1.165, 1.54) is 0 Å². The molecule has 1 aliphatic heterocycles. The quantitative estimate of drug-likeness (QED) is 0.910. The van der Waals surface area contributed by atoms with Gasteiger partial charge >= 0.3 is 0 Å². The Hall–Kier alpha value is -0.770. The summed E-state index contributed by atoms with van der Waals surface area (Å²) in [5.41, 5.74) is 7.62. The van der Waals surface area contributed by atoms with Crippen molar-refractivity contribution in [1.82, 2.24) is 4.90 Å². The summed E-state index contributed by atoms with van der Waals surface area (Å²) in [5, 5.41) is 0.619. The Balaban J connectivity index is 0.00000200. The van der Waals surface area contributed by atoms with E-state index in [2.05, 4.69) is 0 Å². The van der Waals surface area contributed by atoms with Gasteiger partial charge in [-0.3, -0.25) is 4.79 Å². The van der Waals surface area contributed by atoms with Crippen LogP contribution in [0, 0.1) is 12.8 Å². The van der Waals surface area contributed by atoms with Gasteiger partial charge in [0.1, 0.15) is 0 Å². The molecule has 1 heterocycles. The van der Waals surface area contributed by atoms with Crippen LogP contribution in [0.15, 0.2) is 18.2 Å². The molecule has 112 valence electrons. The van der Waals surface area contributed by atoms with Crippen LogP contribution in [0.4, 0.5) is 0 Å². The highest BCUT2D eigenvalue weighted by molar-refractivity contribution is 6.31. The Bertz CT molecular complexity index is 449. The van der Waals surface area contributed by atoms with Gasteiger partial charge in [0.25, 0.3) is 5.91 Å². The molecule has 0 aliphatic carbocycles. The zero-order valence-electron chi connectivity index (χ0n) is 11.9. The van der Waals surface area contributed by atoms with Gasteiger partial charge in [0, 0.05) is 29.7 Å². The summed E-state index contributed by atoms with van der Waals surface area (Å²) in [6, 6.07) is 5.71. The molecule has 1 saturated heterocycles. The van der Waals surface area contributed by atoms with Gasteiger partial charge in [-0.25, -0.2) is 0 Å². The van der Waals surface area contributed by atoms with Gasteiger partial charge in [-0.15, -0.1) is 12.4 Å². The van der Waals surface area contributed by atoms with E-state index in [1.54, 1.807) is 6.07 Å². The second-order valence-electron chi connectivity index (χ2n) is 5.51. The number of rotatable bonds is 2. The van der Waals surface area contributed by atoms with Gasteiger partial charge < -0.3 is 10.6 Å². The molecule has 0 radical (unpaired) electrons. The molecule has 0 aromatic heterocycles. The highest BCUT2D eigenvalue weighted by Gasteiger charge is 2.25. The predicted molar refractivity (Wildman–Crippen MR) is 85.7 cm³/mol. The topological polar surface area (TPSA) is 46.3 Å².